The fraction of sp³-hybridized carbons (Fsp3) is 0.533. The topological polar surface area (TPSA) is 55.6 Å². The second-order valence-corrected chi connectivity index (χ2v) is 6.81. The SMILES string of the molecule is CC1(C(=O)N2CCOc3c(CN)cc(Br)cc3C2)CC1. The zero-order valence-electron chi connectivity index (χ0n) is 11.6. The van der Waals surface area contributed by atoms with Gasteiger partial charge in [0.15, 0.2) is 0 Å². The lowest BCUT2D eigenvalue weighted by molar-refractivity contribution is -0.137. The Morgan fingerprint density at radius 1 is 1.50 bits per heavy atom. The van der Waals surface area contributed by atoms with Gasteiger partial charge in [-0.25, -0.2) is 0 Å². The van der Waals surface area contributed by atoms with Crippen LogP contribution in [-0.2, 0) is 17.9 Å². The quantitative estimate of drug-likeness (QED) is 0.900. The maximum absolute atomic E-state index is 12.5. The summed E-state index contributed by atoms with van der Waals surface area (Å²) in [5.74, 6) is 1.11. The van der Waals surface area contributed by atoms with Crippen molar-refractivity contribution < 1.29 is 9.53 Å². The normalized spacial score (nSPS) is 19.9. The molecule has 0 aromatic heterocycles. The van der Waals surface area contributed by atoms with E-state index in [1.165, 1.54) is 0 Å². The van der Waals surface area contributed by atoms with Crippen LogP contribution >= 0.6 is 15.9 Å². The molecule has 1 aliphatic heterocycles. The van der Waals surface area contributed by atoms with Crippen LogP contribution in [-0.4, -0.2) is 24.0 Å². The molecule has 0 bridgehead atoms. The van der Waals surface area contributed by atoms with Crippen LogP contribution in [0.1, 0.15) is 30.9 Å². The van der Waals surface area contributed by atoms with Crippen LogP contribution in [0.2, 0.25) is 0 Å². The van der Waals surface area contributed by atoms with Crippen molar-refractivity contribution in [1.82, 2.24) is 4.90 Å². The van der Waals surface area contributed by atoms with Gasteiger partial charge in [-0.3, -0.25) is 4.79 Å². The summed E-state index contributed by atoms with van der Waals surface area (Å²) >= 11 is 3.50. The summed E-state index contributed by atoms with van der Waals surface area (Å²) in [6.45, 7) is 4.27. The van der Waals surface area contributed by atoms with Crippen molar-refractivity contribution >= 4 is 21.8 Å². The number of benzene rings is 1. The predicted octanol–water partition coefficient (Wildman–Crippen LogP) is 2.43. The standard InChI is InChI=1S/C15H19BrN2O2/c1-15(2-3-15)14(19)18-4-5-20-13-10(8-17)6-12(16)7-11(13)9-18/h6-7H,2-5,8-9,17H2,1H3. The molecular formula is C15H19BrN2O2. The monoisotopic (exact) mass is 338 g/mol. The number of nitrogens with zero attached hydrogens (tertiary/aromatic N) is 1. The molecule has 3 rings (SSSR count). The molecule has 0 unspecified atom stereocenters. The smallest absolute Gasteiger partial charge is 0.228 e. The first-order valence-corrected chi connectivity index (χ1v) is 7.76. The molecule has 1 heterocycles. The Morgan fingerprint density at radius 2 is 2.25 bits per heavy atom. The lowest BCUT2D eigenvalue weighted by Gasteiger charge is -2.23. The number of hydrogen-bond acceptors (Lipinski definition) is 3. The molecule has 20 heavy (non-hydrogen) atoms. The van der Waals surface area contributed by atoms with Crippen LogP contribution in [0.5, 0.6) is 5.75 Å². The molecule has 1 aromatic carbocycles. The van der Waals surface area contributed by atoms with Gasteiger partial charge >= 0.3 is 0 Å². The van der Waals surface area contributed by atoms with Crippen LogP contribution in [0.3, 0.4) is 0 Å². The highest BCUT2D eigenvalue weighted by Crippen LogP contribution is 2.47. The lowest BCUT2D eigenvalue weighted by atomic mass is 10.1. The van der Waals surface area contributed by atoms with Crippen LogP contribution in [0, 0.1) is 5.41 Å². The molecule has 1 aliphatic carbocycles. The van der Waals surface area contributed by atoms with Gasteiger partial charge in [0, 0.05) is 34.1 Å². The van der Waals surface area contributed by atoms with Crippen molar-refractivity contribution in [3.8, 4) is 5.75 Å². The van der Waals surface area contributed by atoms with Crippen LogP contribution < -0.4 is 10.5 Å². The molecule has 108 valence electrons. The van der Waals surface area contributed by atoms with Gasteiger partial charge in [0.1, 0.15) is 12.4 Å². The Bertz CT molecular complexity index is 555. The van der Waals surface area contributed by atoms with Gasteiger partial charge in [0.05, 0.1) is 6.54 Å². The number of carbonyl (C=O) groups is 1. The molecule has 2 N–H and O–H groups in total. The summed E-state index contributed by atoms with van der Waals surface area (Å²) in [5, 5.41) is 0. The molecule has 4 nitrogen and oxygen atoms in total. The first-order valence-electron chi connectivity index (χ1n) is 6.97. The van der Waals surface area contributed by atoms with Crippen molar-refractivity contribution in [2.24, 2.45) is 11.1 Å². The minimum absolute atomic E-state index is 0.132. The van der Waals surface area contributed by atoms with Crippen LogP contribution in [0.15, 0.2) is 16.6 Å². The Kier molecular flexibility index (Phi) is 3.50. The molecule has 1 aromatic rings. The summed E-state index contributed by atoms with van der Waals surface area (Å²) in [4.78, 5) is 14.4. The summed E-state index contributed by atoms with van der Waals surface area (Å²) in [5.41, 5.74) is 7.68. The Balaban J connectivity index is 1.91. The molecule has 0 saturated heterocycles. The van der Waals surface area contributed by atoms with Gasteiger partial charge in [0.25, 0.3) is 0 Å². The average Bonchev–Trinajstić information content (AvgIpc) is 3.20. The lowest BCUT2D eigenvalue weighted by Crippen LogP contribution is -2.37. The second kappa shape index (κ2) is 5.04. The van der Waals surface area contributed by atoms with E-state index in [-0.39, 0.29) is 11.3 Å². The van der Waals surface area contributed by atoms with Crippen molar-refractivity contribution in [1.29, 1.82) is 0 Å². The summed E-state index contributed by atoms with van der Waals surface area (Å²) < 4.78 is 6.82. The number of fused-ring (bicyclic) bond motifs is 1. The fourth-order valence-corrected chi connectivity index (χ4v) is 3.22. The van der Waals surface area contributed by atoms with Crippen molar-refractivity contribution in [3.63, 3.8) is 0 Å². The fourth-order valence-electron chi connectivity index (χ4n) is 2.67. The van der Waals surface area contributed by atoms with E-state index in [0.717, 1.165) is 34.2 Å². The number of carbonyl (C=O) groups excluding carboxylic acids is 1. The number of rotatable bonds is 2. The predicted molar refractivity (Wildman–Crippen MR) is 80.3 cm³/mol. The van der Waals surface area contributed by atoms with E-state index in [1.807, 2.05) is 24.0 Å². The Morgan fingerprint density at radius 3 is 2.90 bits per heavy atom. The van der Waals surface area contributed by atoms with Gasteiger partial charge < -0.3 is 15.4 Å². The highest BCUT2D eigenvalue weighted by atomic mass is 79.9. The van der Waals surface area contributed by atoms with E-state index in [1.54, 1.807) is 0 Å². The first kappa shape index (κ1) is 13.9. The van der Waals surface area contributed by atoms with E-state index >= 15 is 0 Å². The minimum Gasteiger partial charge on any atom is -0.491 e. The molecule has 2 aliphatic rings. The molecular weight excluding hydrogens is 320 g/mol. The van der Waals surface area contributed by atoms with Crippen molar-refractivity contribution in [3.05, 3.63) is 27.7 Å². The molecule has 0 spiro atoms. The van der Waals surface area contributed by atoms with Gasteiger partial charge in [-0.05, 0) is 25.0 Å². The largest absolute Gasteiger partial charge is 0.491 e. The zero-order chi connectivity index (χ0) is 14.3. The van der Waals surface area contributed by atoms with E-state index in [4.69, 9.17) is 10.5 Å². The highest BCUT2D eigenvalue weighted by Gasteiger charge is 2.47. The van der Waals surface area contributed by atoms with Gasteiger partial charge in [-0.1, -0.05) is 22.9 Å². The Labute approximate surface area is 127 Å². The maximum atomic E-state index is 12.5. The van der Waals surface area contributed by atoms with Crippen LogP contribution in [0.25, 0.3) is 0 Å². The number of amides is 1. The highest BCUT2D eigenvalue weighted by molar-refractivity contribution is 9.10. The van der Waals surface area contributed by atoms with Gasteiger partial charge in [-0.2, -0.15) is 0 Å². The number of ether oxygens (including phenoxy) is 1. The molecule has 0 atom stereocenters. The minimum atomic E-state index is -0.132. The van der Waals surface area contributed by atoms with Gasteiger partial charge in [-0.15, -0.1) is 0 Å². The van der Waals surface area contributed by atoms with Crippen molar-refractivity contribution in [2.45, 2.75) is 32.9 Å². The number of nitrogens with two attached hydrogens (primary N) is 1. The van der Waals surface area contributed by atoms with E-state index in [0.29, 0.717) is 26.2 Å². The molecule has 5 heteroatoms. The number of halogens is 1. The molecule has 1 amide bonds. The molecule has 1 saturated carbocycles. The number of hydrogen-bond donors (Lipinski definition) is 1. The third-order valence-corrected chi connectivity index (χ3v) is 4.66. The van der Waals surface area contributed by atoms with E-state index < -0.39 is 0 Å². The van der Waals surface area contributed by atoms with Gasteiger partial charge in [0.2, 0.25) is 5.91 Å². The maximum Gasteiger partial charge on any atom is 0.228 e. The second-order valence-electron chi connectivity index (χ2n) is 5.89. The summed E-state index contributed by atoms with van der Waals surface area (Å²) in [7, 11) is 0. The third kappa shape index (κ3) is 2.44. The van der Waals surface area contributed by atoms with Crippen LogP contribution in [0.4, 0.5) is 0 Å². The summed E-state index contributed by atoms with van der Waals surface area (Å²) in [6.07, 6.45) is 2.01. The molecule has 1 fully saturated rings. The Hall–Kier alpha value is -1.07. The van der Waals surface area contributed by atoms with E-state index in [9.17, 15) is 4.79 Å². The van der Waals surface area contributed by atoms with E-state index in [2.05, 4.69) is 15.9 Å². The average molecular weight is 339 g/mol. The zero-order valence-corrected chi connectivity index (χ0v) is 13.2. The third-order valence-electron chi connectivity index (χ3n) is 4.20. The summed E-state index contributed by atoms with van der Waals surface area (Å²) in [6, 6.07) is 4.01. The molecule has 0 radical (unpaired) electrons. The van der Waals surface area contributed by atoms with Crippen molar-refractivity contribution in [2.75, 3.05) is 13.2 Å². The first-order chi connectivity index (χ1) is 9.53.